The van der Waals surface area contributed by atoms with Gasteiger partial charge < -0.3 is 36.4 Å². The predicted octanol–water partition coefficient (Wildman–Crippen LogP) is 4.22. The van der Waals surface area contributed by atoms with Crippen molar-refractivity contribution in [3.05, 3.63) is 71.4 Å². The zero-order valence-electron chi connectivity index (χ0n) is 32.0. The average Bonchev–Trinajstić information content (AvgIpc) is 3.76. The van der Waals surface area contributed by atoms with E-state index in [-0.39, 0.29) is 42.6 Å². The fourth-order valence-corrected chi connectivity index (χ4v) is 8.23. The quantitative estimate of drug-likeness (QED) is 0.148. The Kier molecular flexibility index (Phi) is 11.9. The second-order valence-corrected chi connectivity index (χ2v) is 16.5. The van der Waals surface area contributed by atoms with E-state index in [0.717, 1.165) is 53.6 Å². The maximum Gasteiger partial charge on any atom is 0.243 e. The lowest BCUT2D eigenvalue weighted by atomic mass is 9.85. The van der Waals surface area contributed by atoms with E-state index in [1.54, 1.807) is 34.4 Å². The van der Waals surface area contributed by atoms with E-state index in [0.29, 0.717) is 23.6 Å². The average molecular weight is 756 g/mol. The summed E-state index contributed by atoms with van der Waals surface area (Å²) < 4.78 is 0. The number of aromatic nitrogens is 3. The number of thiazole rings is 1. The molecule has 13 nitrogen and oxygen atoms in total. The highest BCUT2D eigenvalue weighted by Crippen LogP contribution is 2.33. The number of nitrogens with zero attached hydrogens (tertiary/aromatic N) is 6. The molecule has 4 aromatic rings. The van der Waals surface area contributed by atoms with E-state index in [1.807, 2.05) is 76.5 Å². The zero-order chi connectivity index (χ0) is 38.7. The number of aryl methyl sites for hydroxylation is 1. The van der Waals surface area contributed by atoms with Crippen LogP contribution in [0.15, 0.2) is 60.1 Å². The molecule has 288 valence electrons. The number of phenolic OH excluding ortho intramolecular Hbond substituents is 1. The molecule has 2 aliphatic rings. The molecule has 0 saturated carbocycles. The van der Waals surface area contributed by atoms with Crippen LogP contribution in [0.25, 0.3) is 21.7 Å². The van der Waals surface area contributed by atoms with Crippen LogP contribution in [0.4, 0.5) is 11.5 Å². The standard InChI is InChI=1S/C40H53N9O4S/c1-24(47-15-17-48(18-16-47)32-20-31(45-46-37(32)41)30-9-7-8-10-34(30)51)21-42-36(40(4,5)6)39(53)49-22-29(50)19-33(49)38(52)44-25(2)27-11-13-28(14-12-27)35-26(3)43-23-54-35/h7-14,20,23-25,29,33,36,42,50-51H,15-19,21-22H2,1-6H3,(H2,41,46)(H,44,52)/t24-,25+,29-,33+,36-/m1/s1. The van der Waals surface area contributed by atoms with Crippen molar-refractivity contribution in [2.24, 2.45) is 5.41 Å². The van der Waals surface area contributed by atoms with Gasteiger partial charge >= 0.3 is 0 Å². The highest BCUT2D eigenvalue weighted by molar-refractivity contribution is 7.13. The van der Waals surface area contributed by atoms with E-state index >= 15 is 0 Å². The van der Waals surface area contributed by atoms with Crippen molar-refractivity contribution in [2.45, 2.75) is 78.2 Å². The van der Waals surface area contributed by atoms with E-state index in [1.165, 1.54) is 0 Å². The minimum atomic E-state index is -0.781. The molecule has 2 fully saturated rings. The smallest absolute Gasteiger partial charge is 0.243 e. The summed E-state index contributed by atoms with van der Waals surface area (Å²) >= 11 is 1.60. The molecular formula is C40H53N9O4S. The number of aliphatic hydroxyl groups excluding tert-OH is 1. The second kappa shape index (κ2) is 16.4. The molecule has 0 bridgehead atoms. The first-order chi connectivity index (χ1) is 25.7. The van der Waals surface area contributed by atoms with Crippen molar-refractivity contribution < 1.29 is 19.8 Å². The third kappa shape index (κ3) is 8.67. The lowest BCUT2D eigenvalue weighted by Crippen LogP contribution is -2.59. The number of para-hydroxylation sites is 1. The van der Waals surface area contributed by atoms with Crippen molar-refractivity contribution in [3.63, 3.8) is 0 Å². The summed E-state index contributed by atoms with van der Waals surface area (Å²) in [6, 6.07) is 15.5. The highest BCUT2D eigenvalue weighted by atomic mass is 32.1. The molecule has 2 amide bonds. The van der Waals surface area contributed by atoms with E-state index < -0.39 is 23.6 Å². The molecule has 0 unspecified atom stereocenters. The predicted molar refractivity (Wildman–Crippen MR) is 213 cm³/mol. The van der Waals surface area contributed by atoms with Crippen molar-refractivity contribution in [3.8, 4) is 27.4 Å². The van der Waals surface area contributed by atoms with E-state index in [4.69, 9.17) is 5.73 Å². The van der Waals surface area contributed by atoms with Crippen LogP contribution in [-0.4, -0.2) is 111 Å². The molecule has 5 atom stereocenters. The lowest BCUT2D eigenvalue weighted by Gasteiger charge is -2.41. The van der Waals surface area contributed by atoms with Gasteiger partial charge in [0.05, 0.1) is 45.7 Å². The number of hydrogen-bond acceptors (Lipinski definition) is 12. The van der Waals surface area contributed by atoms with Gasteiger partial charge in [0.2, 0.25) is 11.8 Å². The Morgan fingerprint density at radius 2 is 1.74 bits per heavy atom. The molecule has 2 aromatic carbocycles. The number of aliphatic hydroxyl groups is 1. The molecule has 0 radical (unpaired) electrons. The van der Waals surface area contributed by atoms with E-state index in [9.17, 15) is 19.8 Å². The Morgan fingerprint density at radius 3 is 2.39 bits per heavy atom. The number of hydrogen-bond donors (Lipinski definition) is 5. The van der Waals surface area contributed by atoms with Crippen molar-refractivity contribution in [1.82, 2.24) is 35.6 Å². The summed E-state index contributed by atoms with van der Waals surface area (Å²) in [7, 11) is 0. The van der Waals surface area contributed by atoms with Crippen LogP contribution >= 0.6 is 11.3 Å². The van der Waals surface area contributed by atoms with Gasteiger partial charge in [-0.3, -0.25) is 14.5 Å². The normalized spacial score (nSPS) is 19.8. The topological polar surface area (TPSA) is 173 Å². The number of likely N-dealkylation sites (tertiary alicyclic amines) is 1. The first-order valence-corrected chi connectivity index (χ1v) is 19.5. The summed E-state index contributed by atoms with van der Waals surface area (Å²) in [6.45, 7) is 15.8. The Bertz CT molecular complexity index is 1920. The maximum absolute atomic E-state index is 14.3. The minimum Gasteiger partial charge on any atom is -0.507 e. The zero-order valence-corrected chi connectivity index (χ0v) is 32.8. The maximum atomic E-state index is 14.3. The van der Waals surface area contributed by atoms with Gasteiger partial charge in [-0.25, -0.2) is 4.98 Å². The van der Waals surface area contributed by atoms with Gasteiger partial charge in [0.1, 0.15) is 11.8 Å². The molecule has 2 saturated heterocycles. The second-order valence-electron chi connectivity index (χ2n) is 15.6. The fourth-order valence-electron chi connectivity index (χ4n) is 7.42. The Labute approximate surface area is 321 Å². The summed E-state index contributed by atoms with van der Waals surface area (Å²) in [4.78, 5) is 39.6. The number of aromatic hydroxyl groups is 1. The fraction of sp³-hybridized carbons (Fsp3) is 0.475. The van der Waals surface area contributed by atoms with Gasteiger partial charge in [0, 0.05) is 57.3 Å². The number of nitrogens with one attached hydrogen (secondary N) is 2. The van der Waals surface area contributed by atoms with E-state index in [2.05, 4.69) is 42.5 Å². The largest absolute Gasteiger partial charge is 0.507 e. The molecule has 6 rings (SSSR count). The number of carbonyl (C=O) groups is 2. The molecule has 0 aliphatic carbocycles. The third-order valence-electron chi connectivity index (χ3n) is 10.6. The van der Waals surface area contributed by atoms with Crippen LogP contribution in [0.5, 0.6) is 5.75 Å². The number of carbonyl (C=O) groups excluding carboxylic acids is 2. The Balaban J connectivity index is 1.05. The Morgan fingerprint density at radius 1 is 1.04 bits per heavy atom. The summed E-state index contributed by atoms with van der Waals surface area (Å²) in [5.74, 6) is 0.0181. The van der Waals surface area contributed by atoms with Gasteiger partial charge in [0.25, 0.3) is 0 Å². The molecule has 4 heterocycles. The van der Waals surface area contributed by atoms with Gasteiger partial charge in [-0.1, -0.05) is 57.2 Å². The molecule has 2 aliphatic heterocycles. The first-order valence-electron chi connectivity index (χ1n) is 18.6. The van der Waals surface area contributed by atoms with Crippen LogP contribution < -0.4 is 21.3 Å². The molecular weight excluding hydrogens is 703 g/mol. The molecule has 6 N–H and O–H groups in total. The summed E-state index contributed by atoms with van der Waals surface area (Å²) in [5, 5.41) is 36.1. The third-order valence-corrected chi connectivity index (χ3v) is 11.6. The number of phenols is 1. The van der Waals surface area contributed by atoms with Crippen molar-refractivity contribution >= 4 is 34.7 Å². The molecule has 2 aromatic heterocycles. The number of rotatable bonds is 11. The van der Waals surface area contributed by atoms with Crippen molar-refractivity contribution in [1.29, 1.82) is 0 Å². The number of nitrogens with two attached hydrogens (primary N) is 1. The van der Waals surface area contributed by atoms with Crippen molar-refractivity contribution in [2.75, 3.05) is 49.9 Å². The Hall–Kier alpha value is -4.63. The number of piperazine rings is 1. The number of β-amino-alcohol motifs (C(OH)–C–C–N with tert-alkyl or cyclic N) is 1. The van der Waals surface area contributed by atoms with Gasteiger partial charge in [-0.15, -0.1) is 21.5 Å². The SMILES string of the molecule is Cc1ncsc1-c1ccc([C@H](C)NC(=O)[C@@H]2C[C@@H](O)CN2C(=O)[C@@H](NC[C@@H](C)N2CCN(c3cc(-c4ccccc4O)nnc3N)CC2)C(C)(C)C)cc1. The highest BCUT2D eigenvalue weighted by Gasteiger charge is 2.44. The minimum absolute atomic E-state index is 0.110. The van der Waals surface area contributed by atoms with Gasteiger partial charge in [-0.2, -0.15) is 0 Å². The number of nitrogen functional groups attached to an aromatic ring is 1. The van der Waals surface area contributed by atoms with Crippen LogP contribution in [0.1, 0.15) is 58.3 Å². The molecule has 54 heavy (non-hydrogen) atoms. The molecule has 0 spiro atoms. The van der Waals surface area contributed by atoms with Gasteiger partial charge in [0.15, 0.2) is 5.82 Å². The van der Waals surface area contributed by atoms with Crippen LogP contribution in [0.3, 0.4) is 0 Å². The van der Waals surface area contributed by atoms with Crippen LogP contribution in [0.2, 0.25) is 0 Å². The lowest BCUT2D eigenvalue weighted by molar-refractivity contribution is -0.142. The number of amides is 2. The monoisotopic (exact) mass is 755 g/mol. The first kappa shape index (κ1) is 39.1. The number of anilines is 2. The summed E-state index contributed by atoms with van der Waals surface area (Å²) in [6.07, 6.45) is -0.589. The van der Waals surface area contributed by atoms with Crippen LogP contribution in [0, 0.1) is 12.3 Å². The van der Waals surface area contributed by atoms with Crippen LogP contribution in [-0.2, 0) is 9.59 Å². The number of benzene rings is 2. The van der Waals surface area contributed by atoms with Gasteiger partial charge in [-0.05, 0) is 55.5 Å². The molecule has 14 heteroatoms. The summed E-state index contributed by atoms with van der Waals surface area (Å²) in [5.41, 5.74) is 12.6.